The predicted octanol–water partition coefficient (Wildman–Crippen LogP) is 1.71. The Bertz CT molecular complexity index is 486. The number of nitrogens with one attached hydrogen (secondary N) is 1. The summed E-state index contributed by atoms with van der Waals surface area (Å²) < 4.78 is 28.0. The van der Waals surface area contributed by atoms with Crippen LogP contribution in [0.4, 0.5) is 5.69 Å². The molecule has 1 rings (SSSR count). The molecule has 1 unspecified atom stereocenters. The monoisotopic (exact) mass is 272 g/mol. The molecule has 0 spiro atoms. The number of pyridine rings is 1. The number of rotatable bonds is 6. The van der Waals surface area contributed by atoms with Gasteiger partial charge in [0.25, 0.3) is 0 Å². The molecule has 0 saturated heterocycles. The molecular formula is C12H20N2O3S. The van der Waals surface area contributed by atoms with Gasteiger partial charge in [0.1, 0.15) is 9.84 Å². The van der Waals surface area contributed by atoms with E-state index in [0.717, 1.165) is 0 Å². The third-order valence-corrected chi connectivity index (χ3v) is 3.18. The van der Waals surface area contributed by atoms with E-state index in [1.807, 2.05) is 26.8 Å². The van der Waals surface area contributed by atoms with Crippen LogP contribution in [0.25, 0.3) is 0 Å². The molecule has 0 aromatic carbocycles. The van der Waals surface area contributed by atoms with Gasteiger partial charge in [0.15, 0.2) is 0 Å². The Morgan fingerprint density at radius 3 is 2.61 bits per heavy atom. The molecular weight excluding hydrogens is 252 g/mol. The number of nitrogens with zero attached hydrogens (tertiary/aromatic N) is 1. The predicted molar refractivity (Wildman–Crippen MR) is 72.8 cm³/mol. The quantitative estimate of drug-likeness (QED) is 0.854. The highest BCUT2D eigenvalue weighted by Gasteiger charge is 2.13. The van der Waals surface area contributed by atoms with E-state index in [4.69, 9.17) is 4.74 Å². The van der Waals surface area contributed by atoms with Gasteiger partial charge in [-0.2, -0.15) is 0 Å². The Labute approximate surface area is 108 Å². The fraction of sp³-hybridized carbons (Fsp3) is 0.583. The van der Waals surface area contributed by atoms with Gasteiger partial charge in [0.2, 0.25) is 5.88 Å². The molecule has 0 fully saturated rings. The van der Waals surface area contributed by atoms with E-state index in [9.17, 15) is 8.42 Å². The number of hydrogen-bond acceptors (Lipinski definition) is 5. The minimum atomic E-state index is -3.00. The van der Waals surface area contributed by atoms with Gasteiger partial charge in [-0.05, 0) is 32.9 Å². The molecule has 5 nitrogen and oxygen atoms in total. The van der Waals surface area contributed by atoms with Gasteiger partial charge in [-0.15, -0.1) is 0 Å². The summed E-state index contributed by atoms with van der Waals surface area (Å²) in [5.41, 5.74) is 0.711. The lowest BCUT2D eigenvalue weighted by Crippen LogP contribution is -2.25. The van der Waals surface area contributed by atoms with Crippen molar-refractivity contribution in [2.75, 3.05) is 17.3 Å². The maximum atomic E-state index is 11.2. The van der Waals surface area contributed by atoms with Crippen molar-refractivity contribution < 1.29 is 13.2 Å². The van der Waals surface area contributed by atoms with Crippen LogP contribution in [0, 0.1) is 0 Å². The SMILES string of the molecule is CC(CS(C)(=O)=O)Nc1cccnc1OC(C)C. The Kier molecular flexibility index (Phi) is 4.95. The van der Waals surface area contributed by atoms with Crippen LogP contribution in [-0.4, -0.2) is 37.6 Å². The first-order valence-electron chi connectivity index (χ1n) is 5.84. The highest BCUT2D eigenvalue weighted by atomic mass is 32.2. The molecule has 18 heavy (non-hydrogen) atoms. The van der Waals surface area contributed by atoms with E-state index < -0.39 is 9.84 Å². The van der Waals surface area contributed by atoms with Gasteiger partial charge in [-0.3, -0.25) is 0 Å². The smallest absolute Gasteiger partial charge is 0.237 e. The molecule has 102 valence electrons. The molecule has 6 heteroatoms. The van der Waals surface area contributed by atoms with Crippen molar-refractivity contribution in [3.8, 4) is 5.88 Å². The number of sulfone groups is 1. The maximum absolute atomic E-state index is 11.2. The van der Waals surface area contributed by atoms with Gasteiger partial charge in [-0.25, -0.2) is 13.4 Å². The van der Waals surface area contributed by atoms with E-state index in [1.165, 1.54) is 6.26 Å². The van der Waals surface area contributed by atoms with Crippen molar-refractivity contribution in [1.82, 2.24) is 4.98 Å². The van der Waals surface area contributed by atoms with E-state index >= 15 is 0 Å². The normalized spacial score (nSPS) is 13.4. The van der Waals surface area contributed by atoms with E-state index in [0.29, 0.717) is 11.6 Å². The molecule has 0 amide bonds. The van der Waals surface area contributed by atoms with Gasteiger partial charge < -0.3 is 10.1 Å². The minimum Gasteiger partial charge on any atom is -0.473 e. The molecule has 0 saturated carbocycles. The molecule has 1 atom stereocenters. The van der Waals surface area contributed by atoms with Crippen molar-refractivity contribution in [1.29, 1.82) is 0 Å². The lowest BCUT2D eigenvalue weighted by Gasteiger charge is -2.18. The van der Waals surface area contributed by atoms with Crippen LogP contribution in [0.5, 0.6) is 5.88 Å². The summed E-state index contributed by atoms with van der Waals surface area (Å²) in [7, 11) is -3.00. The molecule has 0 bridgehead atoms. The fourth-order valence-electron chi connectivity index (χ4n) is 1.58. The maximum Gasteiger partial charge on any atom is 0.237 e. The number of hydrogen-bond donors (Lipinski definition) is 1. The largest absolute Gasteiger partial charge is 0.473 e. The second-order valence-electron chi connectivity index (χ2n) is 4.66. The standard InChI is InChI=1S/C12H20N2O3S/c1-9(2)17-12-11(6-5-7-13-12)14-10(3)8-18(4,15)16/h5-7,9-10,14H,8H2,1-4H3. The van der Waals surface area contributed by atoms with E-state index in [1.54, 1.807) is 12.3 Å². The van der Waals surface area contributed by atoms with Crippen LogP contribution in [0.15, 0.2) is 18.3 Å². The molecule has 1 heterocycles. The van der Waals surface area contributed by atoms with Crippen molar-refractivity contribution in [2.24, 2.45) is 0 Å². The van der Waals surface area contributed by atoms with Crippen LogP contribution < -0.4 is 10.1 Å². The van der Waals surface area contributed by atoms with Gasteiger partial charge in [0, 0.05) is 18.5 Å². The second kappa shape index (κ2) is 6.04. The van der Waals surface area contributed by atoms with Gasteiger partial charge in [-0.1, -0.05) is 0 Å². The zero-order chi connectivity index (χ0) is 13.8. The first-order valence-corrected chi connectivity index (χ1v) is 7.90. The first-order chi connectivity index (χ1) is 8.28. The minimum absolute atomic E-state index is 0.0191. The summed E-state index contributed by atoms with van der Waals surface area (Å²) in [6.07, 6.45) is 2.88. The average molecular weight is 272 g/mol. The van der Waals surface area contributed by atoms with Crippen molar-refractivity contribution in [2.45, 2.75) is 32.9 Å². The highest BCUT2D eigenvalue weighted by molar-refractivity contribution is 7.90. The summed E-state index contributed by atoms with van der Waals surface area (Å²) in [6.45, 7) is 5.64. The highest BCUT2D eigenvalue weighted by Crippen LogP contribution is 2.22. The molecule has 0 aliphatic rings. The summed E-state index contributed by atoms with van der Waals surface area (Å²) in [6, 6.07) is 3.41. The number of aromatic nitrogens is 1. The summed E-state index contributed by atoms with van der Waals surface area (Å²) in [5, 5.41) is 3.11. The average Bonchev–Trinajstić information content (AvgIpc) is 2.17. The Balaban J connectivity index is 2.77. The second-order valence-corrected chi connectivity index (χ2v) is 6.85. The Morgan fingerprint density at radius 2 is 2.06 bits per heavy atom. The first kappa shape index (κ1) is 14.8. The third kappa shape index (κ3) is 5.35. The van der Waals surface area contributed by atoms with Crippen LogP contribution in [0.3, 0.4) is 0 Å². The van der Waals surface area contributed by atoms with Gasteiger partial charge in [0.05, 0.1) is 17.5 Å². The van der Waals surface area contributed by atoms with Crippen LogP contribution in [0.2, 0.25) is 0 Å². The Hall–Kier alpha value is -1.30. The zero-order valence-corrected chi connectivity index (χ0v) is 12.0. The van der Waals surface area contributed by atoms with Crippen LogP contribution in [0.1, 0.15) is 20.8 Å². The summed E-state index contributed by atoms with van der Waals surface area (Å²) in [5.74, 6) is 0.566. The van der Waals surface area contributed by atoms with Crippen molar-refractivity contribution in [3.05, 3.63) is 18.3 Å². The Morgan fingerprint density at radius 1 is 1.39 bits per heavy atom. The zero-order valence-electron chi connectivity index (χ0n) is 11.2. The van der Waals surface area contributed by atoms with Gasteiger partial charge >= 0.3 is 0 Å². The summed E-state index contributed by atoms with van der Waals surface area (Å²) in [4.78, 5) is 4.13. The fourth-order valence-corrected chi connectivity index (χ4v) is 2.57. The van der Waals surface area contributed by atoms with Crippen molar-refractivity contribution in [3.63, 3.8) is 0 Å². The van der Waals surface area contributed by atoms with Crippen LogP contribution >= 0.6 is 0 Å². The number of anilines is 1. The van der Waals surface area contributed by atoms with E-state index in [2.05, 4.69) is 10.3 Å². The lowest BCUT2D eigenvalue weighted by molar-refractivity contribution is 0.234. The third-order valence-electron chi connectivity index (χ3n) is 2.07. The van der Waals surface area contributed by atoms with Crippen molar-refractivity contribution >= 4 is 15.5 Å². The summed E-state index contributed by atoms with van der Waals surface area (Å²) >= 11 is 0. The molecule has 1 aromatic rings. The molecule has 1 N–H and O–H groups in total. The van der Waals surface area contributed by atoms with Crippen LogP contribution in [-0.2, 0) is 9.84 Å². The molecule has 1 aromatic heterocycles. The molecule has 0 aliphatic carbocycles. The van der Waals surface area contributed by atoms with E-state index in [-0.39, 0.29) is 17.9 Å². The molecule has 0 aliphatic heterocycles. The lowest BCUT2D eigenvalue weighted by atomic mass is 10.3. The topological polar surface area (TPSA) is 68.3 Å². The number of ether oxygens (including phenoxy) is 1. The molecule has 0 radical (unpaired) electrons.